The Kier molecular flexibility index (Phi) is 6.31. The third kappa shape index (κ3) is 5.04. The maximum atomic E-state index is 12.3. The van der Waals surface area contributed by atoms with Crippen molar-refractivity contribution in [3.8, 4) is 5.75 Å². The van der Waals surface area contributed by atoms with E-state index >= 15 is 0 Å². The van der Waals surface area contributed by atoms with Gasteiger partial charge in [-0.2, -0.15) is 0 Å². The van der Waals surface area contributed by atoms with Crippen LogP contribution in [0.2, 0.25) is 0 Å². The van der Waals surface area contributed by atoms with Gasteiger partial charge in [-0.1, -0.05) is 24.3 Å². The maximum Gasteiger partial charge on any atom is 0.339 e. The van der Waals surface area contributed by atoms with Gasteiger partial charge in [0.2, 0.25) is 0 Å². The number of ether oxygens (including phenoxy) is 2. The number of sulfonamides is 1. The maximum absolute atomic E-state index is 12.3. The molecule has 9 heteroatoms. The first-order chi connectivity index (χ1) is 12.3. The number of carbonyl (C=O) groups excluding carboxylic acids is 2. The van der Waals surface area contributed by atoms with E-state index in [4.69, 9.17) is 4.74 Å². The summed E-state index contributed by atoms with van der Waals surface area (Å²) in [6.07, 6.45) is 0. The molecule has 0 unspecified atom stereocenters. The summed E-state index contributed by atoms with van der Waals surface area (Å²) in [5.41, 5.74) is 2.85. The number of benzene rings is 2. The molecule has 0 aliphatic rings. The van der Waals surface area contributed by atoms with Crippen molar-refractivity contribution in [2.45, 2.75) is 11.8 Å². The van der Waals surface area contributed by atoms with E-state index < -0.39 is 21.9 Å². The summed E-state index contributed by atoms with van der Waals surface area (Å²) in [5, 5.41) is 0. The Balaban J connectivity index is 2.00. The second kappa shape index (κ2) is 8.45. The van der Waals surface area contributed by atoms with E-state index in [9.17, 15) is 18.0 Å². The monoisotopic (exact) mass is 378 g/mol. The predicted molar refractivity (Wildman–Crippen MR) is 92.9 cm³/mol. The first-order valence-corrected chi connectivity index (χ1v) is 8.99. The van der Waals surface area contributed by atoms with Gasteiger partial charge in [0.15, 0.2) is 6.61 Å². The van der Waals surface area contributed by atoms with E-state index in [2.05, 4.69) is 4.74 Å². The molecule has 0 aromatic heterocycles. The first kappa shape index (κ1) is 19.4. The largest absolute Gasteiger partial charge is 0.484 e. The molecule has 2 rings (SSSR count). The molecule has 0 aliphatic carbocycles. The molecule has 0 atom stereocenters. The quantitative estimate of drug-likeness (QED) is 0.553. The van der Waals surface area contributed by atoms with Crippen molar-refractivity contribution in [3.05, 3.63) is 59.7 Å². The van der Waals surface area contributed by atoms with Crippen LogP contribution in [-0.4, -0.2) is 34.0 Å². The number of nitrogens with one attached hydrogen (secondary N) is 2. The Morgan fingerprint density at radius 1 is 1.08 bits per heavy atom. The lowest BCUT2D eigenvalue weighted by atomic mass is 10.2. The molecule has 0 radical (unpaired) electrons. The molecule has 0 saturated heterocycles. The van der Waals surface area contributed by atoms with Crippen LogP contribution < -0.4 is 15.0 Å². The Bertz CT molecular complexity index is 911. The zero-order valence-corrected chi connectivity index (χ0v) is 15.0. The number of hydrogen-bond donors (Lipinski definition) is 2. The Hall–Kier alpha value is -2.91. The molecule has 0 fully saturated rings. The van der Waals surface area contributed by atoms with E-state index in [1.54, 1.807) is 18.2 Å². The van der Waals surface area contributed by atoms with Gasteiger partial charge >= 0.3 is 5.97 Å². The van der Waals surface area contributed by atoms with Crippen LogP contribution in [0.3, 0.4) is 0 Å². The van der Waals surface area contributed by atoms with Crippen LogP contribution in [-0.2, 0) is 19.6 Å². The van der Waals surface area contributed by atoms with Crippen LogP contribution in [0.4, 0.5) is 0 Å². The van der Waals surface area contributed by atoms with E-state index in [1.165, 1.54) is 24.3 Å². The van der Waals surface area contributed by atoms with Crippen molar-refractivity contribution >= 4 is 21.9 Å². The van der Waals surface area contributed by atoms with E-state index in [0.29, 0.717) is 5.75 Å². The zero-order chi connectivity index (χ0) is 19.2. The van der Waals surface area contributed by atoms with Gasteiger partial charge in [0.1, 0.15) is 5.75 Å². The molecule has 8 nitrogen and oxygen atoms in total. The van der Waals surface area contributed by atoms with Gasteiger partial charge in [0, 0.05) is 0 Å². The Morgan fingerprint density at radius 3 is 2.50 bits per heavy atom. The lowest BCUT2D eigenvalue weighted by molar-refractivity contribution is -0.123. The highest BCUT2D eigenvalue weighted by Gasteiger charge is 2.23. The van der Waals surface area contributed by atoms with E-state index in [0.717, 1.165) is 12.7 Å². The standard InChI is InChI=1S/C17H18N2O6S/c1-12-6-5-7-13(10-12)25-11-16(20)18-19-26(22,23)15-9-4-3-8-14(15)17(21)24-2/h3-10,19H,11H2,1-2H3,(H,18,20). The van der Waals surface area contributed by atoms with Gasteiger partial charge in [0.05, 0.1) is 17.6 Å². The minimum Gasteiger partial charge on any atom is -0.484 e. The number of aryl methyl sites for hydroxylation is 1. The van der Waals surface area contributed by atoms with Gasteiger partial charge in [0.25, 0.3) is 15.9 Å². The van der Waals surface area contributed by atoms with Gasteiger partial charge in [-0.05, 0) is 36.8 Å². The summed E-state index contributed by atoms with van der Waals surface area (Å²) >= 11 is 0. The van der Waals surface area contributed by atoms with Gasteiger partial charge in [-0.25, -0.2) is 13.2 Å². The summed E-state index contributed by atoms with van der Waals surface area (Å²) in [6, 6.07) is 12.5. The highest BCUT2D eigenvalue weighted by atomic mass is 32.2. The lowest BCUT2D eigenvalue weighted by Gasteiger charge is -2.11. The van der Waals surface area contributed by atoms with Gasteiger partial charge in [-0.3, -0.25) is 10.2 Å². The number of amides is 1. The van der Waals surface area contributed by atoms with Crippen LogP contribution >= 0.6 is 0 Å². The van der Waals surface area contributed by atoms with Crippen LogP contribution in [0.1, 0.15) is 15.9 Å². The smallest absolute Gasteiger partial charge is 0.339 e. The first-order valence-electron chi connectivity index (χ1n) is 7.51. The SMILES string of the molecule is COC(=O)c1ccccc1S(=O)(=O)NNC(=O)COc1cccc(C)c1. The van der Waals surface area contributed by atoms with Crippen molar-refractivity contribution in [1.29, 1.82) is 0 Å². The Labute approximate surface area is 151 Å². The molecule has 2 aromatic carbocycles. The molecule has 0 spiro atoms. The highest BCUT2D eigenvalue weighted by molar-refractivity contribution is 7.89. The van der Waals surface area contributed by atoms with Crippen LogP contribution in [0.15, 0.2) is 53.4 Å². The predicted octanol–water partition coefficient (Wildman–Crippen LogP) is 1.17. The summed E-state index contributed by atoms with van der Waals surface area (Å²) in [7, 11) is -3.03. The molecule has 0 heterocycles. The molecule has 26 heavy (non-hydrogen) atoms. The lowest BCUT2D eigenvalue weighted by Crippen LogP contribution is -2.44. The number of rotatable bonds is 7. The average molecular weight is 378 g/mol. The number of hydrogen-bond acceptors (Lipinski definition) is 6. The van der Waals surface area contributed by atoms with Crippen molar-refractivity contribution in [3.63, 3.8) is 0 Å². The van der Waals surface area contributed by atoms with Crippen molar-refractivity contribution < 1.29 is 27.5 Å². The third-order valence-electron chi connectivity index (χ3n) is 3.27. The molecule has 138 valence electrons. The summed E-state index contributed by atoms with van der Waals surface area (Å²) in [4.78, 5) is 25.1. The van der Waals surface area contributed by atoms with Crippen molar-refractivity contribution in [1.82, 2.24) is 10.3 Å². The third-order valence-corrected chi connectivity index (χ3v) is 4.57. The second-order valence-corrected chi connectivity index (χ2v) is 6.90. The number of carbonyl (C=O) groups is 2. The summed E-state index contributed by atoms with van der Waals surface area (Å²) < 4.78 is 34.5. The summed E-state index contributed by atoms with van der Waals surface area (Å²) in [6.45, 7) is 1.49. The fourth-order valence-corrected chi connectivity index (χ4v) is 3.11. The molecular weight excluding hydrogens is 360 g/mol. The van der Waals surface area contributed by atoms with Crippen molar-refractivity contribution in [2.24, 2.45) is 0 Å². The molecule has 2 N–H and O–H groups in total. The average Bonchev–Trinajstić information content (AvgIpc) is 2.64. The normalized spacial score (nSPS) is 10.8. The van der Waals surface area contributed by atoms with Crippen LogP contribution in [0.25, 0.3) is 0 Å². The fourth-order valence-electron chi connectivity index (χ4n) is 2.05. The highest BCUT2D eigenvalue weighted by Crippen LogP contribution is 2.16. The minimum atomic E-state index is -4.17. The topological polar surface area (TPSA) is 111 Å². The number of methoxy groups -OCH3 is 1. The molecule has 2 aromatic rings. The van der Waals surface area contributed by atoms with Gasteiger partial charge in [-0.15, -0.1) is 4.83 Å². The van der Waals surface area contributed by atoms with E-state index in [1.807, 2.05) is 23.2 Å². The van der Waals surface area contributed by atoms with Crippen LogP contribution in [0, 0.1) is 6.92 Å². The molecule has 0 aliphatic heterocycles. The molecular formula is C17H18N2O6S. The molecule has 0 saturated carbocycles. The molecule has 1 amide bonds. The Morgan fingerprint density at radius 2 is 1.81 bits per heavy atom. The van der Waals surface area contributed by atoms with Gasteiger partial charge < -0.3 is 9.47 Å². The second-order valence-electron chi connectivity index (χ2n) is 5.25. The van der Waals surface area contributed by atoms with Crippen molar-refractivity contribution in [2.75, 3.05) is 13.7 Å². The summed E-state index contributed by atoms with van der Waals surface area (Å²) in [5.74, 6) is -1.02. The minimum absolute atomic E-state index is 0.146. The number of hydrazine groups is 1. The number of esters is 1. The van der Waals surface area contributed by atoms with E-state index in [-0.39, 0.29) is 17.1 Å². The zero-order valence-electron chi connectivity index (χ0n) is 14.2. The van der Waals surface area contributed by atoms with Crippen LogP contribution in [0.5, 0.6) is 5.75 Å². The molecule has 0 bridgehead atoms. The fraction of sp³-hybridized carbons (Fsp3) is 0.176.